The molecule has 1 amide bonds. The van der Waals surface area contributed by atoms with Gasteiger partial charge in [0.05, 0.1) is 23.6 Å². The van der Waals surface area contributed by atoms with Gasteiger partial charge in [-0.1, -0.05) is 18.2 Å². The average Bonchev–Trinajstić information content (AvgIpc) is 3.67. The van der Waals surface area contributed by atoms with E-state index in [1.807, 2.05) is 35.0 Å². The quantitative estimate of drug-likeness (QED) is 0.350. The van der Waals surface area contributed by atoms with Crippen molar-refractivity contribution in [3.63, 3.8) is 0 Å². The van der Waals surface area contributed by atoms with E-state index < -0.39 is 0 Å². The van der Waals surface area contributed by atoms with Crippen LogP contribution in [0.25, 0.3) is 39.0 Å². The first kappa shape index (κ1) is 23.0. The minimum Gasteiger partial charge on any atom is -0.383 e. The van der Waals surface area contributed by atoms with E-state index in [9.17, 15) is 4.79 Å². The summed E-state index contributed by atoms with van der Waals surface area (Å²) in [6.45, 7) is 3.92. The first-order chi connectivity index (χ1) is 19.0. The number of anilines is 3. The van der Waals surface area contributed by atoms with Gasteiger partial charge in [0.15, 0.2) is 17.1 Å². The summed E-state index contributed by atoms with van der Waals surface area (Å²) in [6.07, 6.45) is 5.45. The number of nitrogens with one attached hydrogen (secondary N) is 1. The van der Waals surface area contributed by atoms with Gasteiger partial charge in [0, 0.05) is 25.4 Å². The summed E-state index contributed by atoms with van der Waals surface area (Å²) in [5.41, 5.74) is 10.8. The van der Waals surface area contributed by atoms with Crippen LogP contribution in [0.15, 0.2) is 55.0 Å². The number of hydrogen-bond donors (Lipinski definition) is 2. The van der Waals surface area contributed by atoms with Crippen LogP contribution in [0.3, 0.4) is 0 Å². The molecule has 1 aromatic carbocycles. The summed E-state index contributed by atoms with van der Waals surface area (Å²) >= 11 is 0. The molecule has 0 atom stereocenters. The highest BCUT2D eigenvalue weighted by Crippen LogP contribution is 2.31. The Morgan fingerprint density at radius 3 is 2.74 bits per heavy atom. The van der Waals surface area contributed by atoms with E-state index in [1.54, 1.807) is 10.7 Å². The summed E-state index contributed by atoms with van der Waals surface area (Å²) in [5, 5.41) is 14.0. The van der Waals surface area contributed by atoms with E-state index in [-0.39, 0.29) is 5.91 Å². The molecular weight excluding hydrogens is 494 g/mol. The number of nitrogens with zero attached hydrogens (tertiary/aromatic N) is 9. The van der Waals surface area contributed by atoms with Crippen LogP contribution in [0.2, 0.25) is 0 Å². The second-order valence-electron chi connectivity index (χ2n) is 9.64. The highest BCUT2D eigenvalue weighted by atomic mass is 16.1. The first-order valence-electron chi connectivity index (χ1n) is 12.8. The third kappa shape index (κ3) is 4.06. The molecule has 6 aromatic rings. The van der Waals surface area contributed by atoms with E-state index in [1.165, 1.54) is 26.1 Å². The number of carbonyl (C=O) groups is 1. The predicted molar refractivity (Wildman–Crippen MR) is 148 cm³/mol. The Kier molecular flexibility index (Phi) is 5.32. The monoisotopic (exact) mass is 519 g/mol. The topological polar surface area (TPSA) is 145 Å². The number of nitrogens with two attached hydrogens (primary N) is 1. The zero-order valence-corrected chi connectivity index (χ0v) is 21.2. The van der Waals surface area contributed by atoms with Crippen molar-refractivity contribution in [3.8, 4) is 11.4 Å². The van der Waals surface area contributed by atoms with Gasteiger partial charge in [0.2, 0.25) is 5.91 Å². The summed E-state index contributed by atoms with van der Waals surface area (Å²) in [5.74, 6) is 1.52. The second kappa shape index (κ2) is 9.01. The molecule has 0 saturated carbocycles. The van der Waals surface area contributed by atoms with Crippen LogP contribution in [-0.2, 0) is 11.3 Å². The molecule has 0 radical (unpaired) electrons. The second-order valence-corrected chi connectivity index (χ2v) is 9.64. The lowest BCUT2D eigenvalue weighted by atomic mass is 10.1. The fraction of sp³-hybridized carbons (Fsp3) is 0.222. The van der Waals surface area contributed by atoms with E-state index >= 15 is 0 Å². The molecule has 1 saturated heterocycles. The van der Waals surface area contributed by atoms with Crippen molar-refractivity contribution in [2.24, 2.45) is 0 Å². The Bertz CT molecular complexity index is 1880. The molecule has 1 aliphatic heterocycles. The predicted octanol–water partition coefficient (Wildman–Crippen LogP) is 3.27. The van der Waals surface area contributed by atoms with Crippen LogP contribution in [0, 0.1) is 0 Å². The van der Waals surface area contributed by atoms with E-state index in [0.717, 1.165) is 35.4 Å². The van der Waals surface area contributed by atoms with Crippen LogP contribution < -0.4 is 16.0 Å². The van der Waals surface area contributed by atoms with Crippen LogP contribution >= 0.6 is 0 Å². The number of aromatic nitrogens is 8. The minimum absolute atomic E-state index is 0.204. The normalized spacial score (nSPS) is 13.6. The zero-order chi connectivity index (χ0) is 26.5. The number of nitrogen functional groups attached to an aromatic ring is 1. The van der Waals surface area contributed by atoms with Gasteiger partial charge in [-0.05, 0) is 42.7 Å². The van der Waals surface area contributed by atoms with Crippen molar-refractivity contribution in [2.75, 3.05) is 29.0 Å². The molecule has 0 unspecified atom stereocenters. The summed E-state index contributed by atoms with van der Waals surface area (Å²) in [6, 6.07) is 14.0. The van der Waals surface area contributed by atoms with Crippen molar-refractivity contribution < 1.29 is 4.79 Å². The zero-order valence-electron chi connectivity index (χ0n) is 21.2. The summed E-state index contributed by atoms with van der Waals surface area (Å²) in [7, 11) is 0. The third-order valence-corrected chi connectivity index (χ3v) is 6.96. The van der Waals surface area contributed by atoms with Crippen LogP contribution in [0.4, 0.5) is 17.5 Å². The van der Waals surface area contributed by atoms with Crippen molar-refractivity contribution in [1.82, 2.24) is 39.3 Å². The molecule has 5 aromatic heterocycles. The van der Waals surface area contributed by atoms with Gasteiger partial charge in [0.25, 0.3) is 0 Å². The summed E-state index contributed by atoms with van der Waals surface area (Å²) in [4.78, 5) is 31.9. The first-order valence-corrected chi connectivity index (χ1v) is 12.8. The maximum absolute atomic E-state index is 11.5. The smallest absolute Gasteiger partial charge is 0.222 e. The molecule has 0 spiro atoms. The fourth-order valence-corrected chi connectivity index (χ4v) is 5.20. The number of pyridine rings is 1. The van der Waals surface area contributed by atoms with Crippen molar-refractivity contribution >= 4 is 50.9 Å². The third-order valence-electron chi connectivity index (χ3n) is 6.96. The van der Waals surface area contributed by atoms with Gasteiger partial charge in [-0.25, -0.2) is 29.1 Å². The number of rotatable bonds is 5. The van der Waals surface area contributed by atoms with Gasteiger partial charge in [-0.2, -0.15) is 10.2 Å². The molecule has 1 aliphatic rings. The molecule has 0 bridgehead atoms. The van der Waals surface area contributed by atoms with Crippen molar-refractivity contribution in [1.29, 1.82) is 0 Å². The number of fused-ring (bicyclic) bond motifs is 3. The highest BCUT2D eigenvalue weighted by Gasteiger charge is 2.21. The van der Waals surface area contributed by atoms with E-state index in [4.69, 9.17) is 20.9 Å². The Hall–Kier alpha value is -5.13. The van der Waals surface area contributed by atoms with Crippen LogP contribution in [0.5, 0.6) is 0 Å². The minimum atomic E-state index is -0.204. The number of imidazole rings is 1. The van der Waals surface area contributed by atoms with Crippen LogP contribution in [-0.4, -0.2) is 58.3 Å². The van der Waals surface area contributed by atoms with Gasteiger partial charge in [-0.3, -0.25) is 4.79 Å². The Morgan fingerprint density at radius 1 is 1.05 bits per heavy atom. The molecule has 3 N–H and O–H groups in total. The van der Waals surface area contributed by atoms with Gasteiger partial charge < -0.3 is 16.0 Å². The maximum Gasteiger partial charge on any atom is 0.222 e. The Morgan fingerprint density at radius 2 is 1.90 bits per heavy atom. The molecule has 7 rings (SSSR count). The molecule has 12 nitrogen and oxygen atoms in total. The molecule has 12 heteroatoms. The van der Waals surface area contributed by atoms with Gasteiger partial charge in [-0.15, -0.1) is 0 Å². The summed E-state index contributed by atoms with van der Waals surface area (Å²) < 4.78 is 3.45. The number of amides is 1. The molecule has 1 fully saturated rings. The van der Waals surface area contributed by atoms with Crippen molar-refractivity contribution in [2.45, 2.75) is 26.3 Å². The van der Waals surface area contributed by atoms with E-state index in [2.05, 4.69) is 37.3 Å². The van der Waals surface area contributed by atoms with Crippen molar-refractivity contribution in [3.05, 3.63) is 60.6 Å². The SMILES string of the molecule is CC(=O)Nc1cn2nc(-c3nn(Cc4cc(N5CCCC5)nc5ccccc45)c4ncnc(N)c34)ccc2n1. The number of hydrogen-bond acceptors (Lipinski definition) is 9. The highest BCUT2D eigenvalue weighted by molar-refractivity contribution is 5.97. The lowest BCUT2D eigenvalue weighted by Crippen LogP contribution is -2.19. The average molecular weight is 520 g/mol. The molecule has 194 valence electrons. The fourth-order valence-electron chi connectivity index (χ4n) is 5.20. The largest absolute Gasteiger partial charge is 0.383 e. The molecule has 0 aliphatic carbocycles. The van der Waals surface area contributed by atoms with Gasteiger partial charge >= 0.3 is 0 Å². The lowest BCUT2D eigenvalue weighted by Gasteiger charge is -2.19. The molecule has 6 heterocycles. The number of benzene rings is 1. The molecule has 39 heavy (non-hydrogen) atoms. The standard InChI is InChI=1S/C27H25N11O/c1-16(39)31-21-14-37-22(33-21)9-8-20(34-37)25-24-26(28)29-15-30-27(24)38(35-25)13-17-12-23(36-10-4-5-11-36)32-19-7-3-2-6-18(17)19/h2-3,6-9,12,14-15H,4-5,10-11,13H2,1H3,(H,31,39)(H2,28,29,30). The van der Waals surface area contributed by atoms with Gasteiger partial charge in [0.1, 0.15) is 29.4 Å². The molecular formula is C27H25N11O. The Balaban J connectivity index is 1.35. The number of carbonyl (C=O) groups excluding carboxylic acids is 1. The van der Waals surface area contributed by atoms with E-state index in [0.29, 0.717) is 46.2 Å². The number of para-hydroxylation sites is 1. The Labute approximate surface area is 222 Å². The van der Waals surface area contributed by atoms with Crippen LogP contribution in [0.1, 0.15) is 25.3 Å². The lowest BCUT2D eigenvalue weighted by molar-refractivity contribution is -0.114. The maximum atomic E-state index is 11.5.